The molecular weight excluding hydrogens is 458 g/mol. The van der Waals surface area contributed by atoms with Crippen molar-refractivity contribution in [2.24, 2.45) is 0 Å². The van der Waals surface area contributed by atoms with E-state index in [1.165, 1.54) is 0 Å². The lowest BCUT2D eigenvalue weighted by Gasteiger charge is -2.27. The number of methoxy groups -OCH3 is 1. The van der Waals surface area contributed by atoms with Crippen molar-refractivity contribution < 1.29 is 28.2 Å². The number of aryl methyl sites for hydroxylation is 2. The number of nitrogens with zero attached hydrogens (tertiary/aromatic N) is 1. The van der Waals surface area contributed by atoms with Crippen LogP contribution in [0.15, 0.2) is 59.2 Å². The van der Waals surface area contributed by atoms with E-state index >= 15 is 0 Å². The van der Waals surface area contributed by atoms with Crippen LogP contribution in [-0.2, 0) is 33.8 Å². The molecule has 0 aliphatic rings. The first-order valence-corrected chi connectivity index (χ1v) is 12.0. The van der Waals surface area contributed by atoms with Gasteiger partial charge in [0.1, 0.15) is 17.3 Å². The number of carbonyl (C=O) groups excluding carboxylic acids is 2. The average molecular weight is 494 g/mol. The van der Waals surface area contributed by atoms with Crippen molar-refractivity contribution in [3.63, 3.8) is 0 Å². The van der Waals surface area contributed by atoms with E-state index in [-0.39, 0.29) is 12.3 Å². The molecule has 0 spiro atoms. The van der Waals surface area contributed by atoms with Crippen molar-refractivity contribution in [1.82, 2.24) is 4.90 Å². The van der Waals surface area contributed by atoms with E-state index < -0.39 is 11.6 Å². The zero-order valence-electron chi connectivity index (χ0n) is 21.9. The van der Waals surface area contributed by atoms with Gasteiger partial charge in [-0.2, -0.15) is 0 Å². The second kappa shape index (κ2) is 11.8. The molecule has 3 aromatic rings. The Bertz CT molecular complexity index is 1140. The highest BCUT2D eigenvalue weighted by Gasteiger charge is 2.32. The molecule has 0 fully saturated rings. The third-order valence-electron chi connectivity index (χ3n) is 5.81. The lowest BCUT2D eigenvalue weighted by atomic mass is 10.0. The molecule has 1 aromatic heterocycles. The van der Waals surface area contributed by atoms with Crippen LogP contribution in [0.5, 0.6) is 11.5 Å². The van der Waals surface area contributed by atoms with Crippen molar-refractivity contribution in [3.05, 3.63) is 82.8 Å². The first-order chi connectivity index (χ1) is 17.1. The maximum absolute atomic E-state index is 13.3. The number of rotatable bonds is 11. The van der Waals surface area contributed by atoms with Crippen LogP contribution in [0.4, 0.5) is 0 Å². The second-order valence-corrected chi connectivity index (χ2v) is 9.25. The maximum Gasteiger partial charge on any atom is 0.349 e. The molecule has 0 radical (unpaired) electrons. The highest BCUT2D eigenvalue weighted by molar-refractivity contribution is 5.79. The van der Waals surface area contributed by atoms with Crippen LogP contribution in [0.3, 0.4) is 0 Å². The topological polar surface area (TPSA) is 78.2 Å². The molecule has 0 atom stereocenters. The lowest BCUT2D eigenvalue weighted by Crippen LogP contribution is -2.40. The largest absolute Gasteiger partial charge is 0.497 e. The first-order valence-electron chi connectivity index (χ1n) is 12.0. The van der Waals surface area contributed by atoms with Gasteiger partial charge in [-0.25, -0.2) is 4.79 Å². The minimum absolute atomic E-state index is 0.0179. The molecule has 1 heterocycles. The monoisotopic (exact) mass is 493 g/mol. The summed E-state index contributed by atoms with van der Waals surface area (Å²) in [5, 5.41) is 0. The minimum Gasteiger partial charge on any atom is -0.497 e. The molecule has 0 unspecified atom stereocenters. The summed E-state index contributed by atoms with van der Waals surface area (Å²) in [6.45, 7) is 10.1. The molecule has 192 valence electrons. The van der Waals surface area contributed by atoms with Crippen molar-refractivity contribution >= 4 is 11.9 Å². The Morgan fingerprint density at radius 3 is 2.19 bits per heavy atom. The Morgan fingerprint density at radius 2 is 1.64 bits per heavy atom. The normalized spacial score (nSPS) is 11.2. The zero-order chi connectivity index (χ0) is 26.3. The Labute approximate surface area is 213 Å². The van der Waals surface area contributed by atoms with Crippen molar-refractivity contribution in [1.29, 1.82) is 0 Å². The minimum atomic E-state index is -1.12. The molecule has 0 aliphatic carbocycles. The molecule has 0 aliphatic heterocycles. The van der Waals surface area contributed by atoms with Gasteiger partial charge in [-0.3, -0.25) is 4.79 Å². The van der Waals surface area contributed by atoms with E-state index in [4.69, 9.17) is 18.6 Å². The summed E-state index contributed by atoms with van der Waals surface area (Å²) in [5.74, 6) is 1.66. The predicted octanol–water partition coefficient (Wildman–Crippen LogP) is 5.40. The van der Waals surface area contributed by atoms with Gasteiger partial charge in [-0.1, -0.05) is 24.3 Å². The van der Waals surface area contributed by atoms with Gasteiger partial charge >= 0.3 is 5.97 Å². The van der Waals surface area contributed by atoms with E-state index in [1.807, 2.05) is 62.4 Å². The molecule has 0 saturated carbocycles. The Kier molecular flexibility index (Phi) is 8.80. The third kappa shape index (κ3) is 6.90. The van der Waals surface area contributed by atoms with Gasteiger partial charge in [0.05, 0.1) is 32.9 Å². The molecule has 7 nitrogen and oxygen atoms in total. The van der Waals surface area contributed by atoms with Crippen LogP contribution >= 0.6 is 0 Å². The van der Waals surface area contributed by atoms with Crippen LogP contribution in [0.25, 0.3) is 0 Å². The van der Waals surface area contributed by atoms with Gasteiger partial charge < -0.3 is 23.5 Å². The number of benzene rings is 2. The smallest absolute Gasteiger partial charge is 0.349 e. The van der Waals surface area contributed by atoms with Crippen molar-refractivity contribution in [2.75, 3.05) is 13.7 Å². The molecule has 0 saturated heterocycles. The van der Waals surface area contributed by atoms with Crippen molar-refractivity contribution in [3.8, 4) is 11.5 Å². The molecule has 2 aromatic carbocycles. The van der Waals surface area contributed by atoms with Gasteiger partial charge in [0.2, 0.25) is 5.91 Å². The predicted molar refractivity (Wildman–Crippen MR) is 137 cm³/mol. The summed E-state index contributed by atoms with van der Waals surface area (Å²) in [6.07, 6.45) is 1.87. The number of hydrogen-bond donors (Lipinski definition) is 0. The molecule has 36 heavy (non-hydrogen) atoms. The van der Waals surface area contributed by atoms with Crippen molar-refractivity contribution in [2.45, 2.75) is 59.7 Å². The fourth-order valence-electron chi connectivity index (χ4n) is 3.97. The number of hydrogen-bond acceptors (Lipinski definition) is 6. The highest BCUT2D eigenvalue weighted by Crippen LogP contribution is 2.30. The zero-order valence-corrected chi connectivity index (χ0v) is 21.9. The van der Waals surface area contributed by atoms with E-state index in [2.05, 4.69) is 0 Å². The number of esters is 1. The summed E-state index contributed by atoms with van der Waals surface area (Å²) >= 11 is 0. The SMILES string of the molecule is CCOC(=O)C(C)(C)Oc1c(C)cc(CN(Cc2ccco2)C(=O)Cc2ccc(OC)cc2)cc1C. The van der Waals surface area contributed by atoms with E-state index in [9.17, 15) is 9.59 Å². The summed E-state index contributed by atoms with van der Waals surface area (Å²) < 4.78 is 22.0. The molecule has 3 rings (SSSR count). The first kappa shape index (κ1) is 26.9. The van der Waals surface area contributed by atoms with Gasteiger partial charge in [0, 0.05) is 6.54 Å². The fourth-order valence-corrected chi connectivity index (χ4v) is 3.97. The molecule has 0 N–H and O–H groups in total. The molecule has 1 amide bonds. The summed E-state index contributed by atoms with van der Waals surface area (Å²) in [5.41, 5.74) is 2.50. The third-order valence-corrected chi connectivity index (χ3v) is 5.81. The summed E-state index contributed by atoms with van der Waals surface area (Å²) in [6, 6.07) is 15.1. The van der Waals surface area contributed by atoms with Crippen LogP contribution < -0.4 is 9.47 Å². The fraction of sp³-hybridized carbons (Fsp3) is 0.379. The standard InChI is InChI=1S/C29H35NO6/c1-7-34-28(32)29(4,5)36-27-20(2)15-23(16-21(27)3)18-30(19-25-9-8-14-35-25)26(31)17-22-10-12-24(33-6)13-11-22/h8-16H,7,17-19H2,1-6H3. The maximum atomic E-state index is 13.3. The van der Waals surface area contributed by atoms with Gasteiger partial charge in [0.15, 0.2) is 5.60 Å². The lowest BCUT2D eigenvalue weighted by molar-refractivity contribution is -0.158. The van der Waals surface area contributed by atoms with E-state index in [0.717, 1.165) is 28.0 Å². The number of carbonyl (C=O) groups is 2. The van der Waals surface area contributed by atoms with Crippen LogP contribution in [-0.4, -0.2) is 36.1 Å². The Balaban J connectivity index is 1.81. The highest BCUT2D eigenvalue weighted by atomic mass is 16.6. The van der Waals surface area contributed by atoms with Gasteiger partial charge in [0.25, 0.3) is 0 Å². The summed E-state index contributed by atoms with van der Waals surface area (Å²) in [7, 11) is 1.61. The quantitative estimate of drug-likeness (QED) is 0.333. The van der Waals surface area contributed by atoms with Gasteiger partial charge in [-0.15, -0.1) is 0 Å². The van der Waals surface area contributed by atoms with E-state index in [1.54, 1.807) is 39.0 Å². The van der Waals surface area contributed by atoms with Gasteiger partial charge in [-0.05, 0) is 81.1 Å². The molecule has 7 heteroatoms. The molecule has 0 bridgehead atoms. The van der Waals surface area contributed by atoms with Crippen LogP contribution in [0, 0.1) is 13.8 Å². The Morgan fingerprint density at radius 1 is 0.972 bits per heavy atom. The number of amides is 1. The molecular formula is C29H35NO6. The Hall–Kier alpha value is -3.74. The van der Waals surface area contributed by atoms with E-state index in [0.29, 0.717) is 31.2 Å². The average Bonchev–Trinajstić information content (AvgIpc) is 3.35. The number of furan rings is 1. The second-order valence-electron chi connectivity index (χ2n) is 9.25. The van der Waals surface area contributed by atoms with Crippen LogP contribution in [0.1, 0.15) is 48.8 Å². The van der Waals surface area contributed by atoms with Crippen LogP contribution in [0.2, 0.25) is 0 Å². The summed E-state index contributed by atoms with van der Waals surface area (Å²) in [4.78, 5) is 27.4. The number of ether oxygens (including phenoxy) is 3.